The fraction of sp³-hybridized carbons (Fsp3) is 0.538. The zero-order valence-electron chi connectivity index (χ0n) is 9.16. The molecule has 0 radical (unpaired) electrons. The van der Waals surface area contributed by atoms with Gasteiger partial charge in [-0.15, -0.1) is 0 Å². The lowest BCUT2D eigenvalue weighted by molar-refractivity contribution is -0.00857. The minimum Gasteiger partial charge on any atom is -0.375 e. The van der Waals surface area contributed by atoms with Crippen LogP contribution >= 0.6 is 15.9 Å². The van der Waals surface area contributed by atoms with Crippen LogP contribution in [0, 0.1) is 5.92 Å². The summed E-state index contributed by atoms with van der Waals surface area (Å²) in [5.74, 6) is 0.832. The third-order valence-electron chi connectivity index (χ3n) is 3.46. The molecule has 2 aliphatic rings. The van der Waals surface area contributed by atoms with E-state index >= 15 is 0 Å². The van der Waals surface area contributed by atoms with Gasteiger partial charge in [0.15, 0.2) is 0 Å². The van der Waals surface area contributed by atoms with Crippen molar-refractivity contribution >= 4 is 15.9 Å². The first kappa shape index (κ1) is 10.8. The summed E-state index contributed by atoms with van der Waals surface area (Å²) in [5.41, 5.74) is 1.32. The molecule has 1 N–H and O–H groups in total. The van der Waals surface area contributed by atoms with Gasteiger partial charge in [0.05, 0.1) is 18.8 Å². The third-order valence-corrected chi connectivity index (χ3v) is 3.99. The van der Waals surface area contributed by atoms with E-state index < -0.39 is 0 Å². The smallest absolute Gasteiger partial charge is 0.0728 e. The summed E-state index contributed by atoms with van der Waals surface area (Å²) in [6, 6.07) is 8.85. The summed E-state index contributed by atoms with van der Waals surface area (Å²) in [5, 5.41) is 3.59. The normalized spacial score (nSPS) is 30.3. The van der Waals surface area contributed by atoms with Gasteiger partial charge in [-0.05, 0) is 36.5 Å². The molecule has 16 heavy (non-hydrogen) atoms. The molecule has 1 heterocycles. The first-order chi connectivity index (χ1) is 7.83. The Hall–Kier alpha value is -0.380. The molecule has 0 amide bonds. The average Bonchev–Trinajstić information content (AvgIpc) is 3.14. The number of morpholine rings is 1. The van der Waals surface area contributed by atoms with Crippen LogP contribution in [0.3, 0.4) is 0 Å². The lowest BCUT2D eigenvalue weighted by Gasteiger charge is -2.30. The third kappa shape index (κ3) is 2.31. The van der Waals surface area contributed by atoms with Crippen LogP contribution < -0.4 is 5.32 Å². The first-order valence-corrected chi connectivity index (χ1v) is 6.72. The number of nitrogens with one attached hydrogen (secondary N) is 1. The van der Waals surface area contributed by atoms with E-state index in [-0.39, 0.29) is 0 Å². The highest BCUT2D eigenvalue weighted by atomic mass is 79.9. The predicted molar refractivity (Wildman–Crippen MR) is 67.3 cm³/mol. The molecule has 0 bridgehead atoms. The van der Waals surface area contributed by atoms with Crippen LogP contribution in [0.4, 0.5) is 0 Å². The molecule has 2 fully saturated rings. The van der Waals surface area contributed by atoms with Crippen molar-refractivity contribution in [2.75, 3.05) is 13.2 Å². The van der Waals surface area contributed by atoms with Crippen molar-refractivity contribution in [1.82, 2.24) is 5.32 Å². The van der Waals surface area contributed by atoms with E-state index in [0.717, 1.165) is 23.5 Å². The van der Waals surface area contributed by atoms with E-state index in [4.69, 9.17) is 4.74 Å². The molecular formula is C13H16BrNO. The average molecular weight is 282 g/mol. The Bertz CT molecular complexity index is 353. The molecule has 3 heteroatoms. The number of rotatable bonds is 2. The molecule has 1 aromatic carbocycles. The fourth-order valence-electron chi connectivity index (χ4n) is 2.28. The van der Waals surface area contributed by atoms with Gasteiger partial charge in [-0.1, -0.05) is 28.1 Å². The maximum absolute atomic E-state index is 5.92. The molecule has 1 aromatic rings. The van der Waals surface area contributed by atoms with Crippen LogP contribution in [-0.4, -0.2) is 19.3 Å². The molecule has 1 saturated heterocycles. The van der Waals surface area contributed by atoms with E-state index in [2.05, 4.69) is 45.5 Å². The molecule has 1 aliphatic carbocycles. The van der Waals surface area contributed by atoms with Gasteiger partial charge in [0.2, 0.25) is 0 Å². The summed E-state index contributed by atoms with van der Waals surface area (Å²) < 4.78 is 7.05. The maximum atomic E-state index is 5.92. The summed E-state index contributed by atoms with van der Waals surface area (Å²) in [6.07, 6.45) is 3.18. The van der Waals surface area contributed by atoms with Gasteiger partial charge in [-0.3, -0.25) is 0 Å². The van der Waals surface area contributed by atoms with Crippen molar-refractivity contribution in [1.29, 1.82) is 0 Å². The van der Waals surface area contributed by atoms with Crippen LogP contribution in [-0.2, 0) is 4.74 Å². The SMILES string of the molecule is Brc1ccc([C@H]2CO[C@H](C3CC3)CN2)cc1. The van der Waals surface area contributed by atoms with Gasteiger partial charge in [0.25, 0.3) is 0 Å². The maximum Gasteiger partial charge on any atom is 0.0728 e. The van der Waals surface area contributed by atoms with Crippen LogP contribution in [0.15, 0.2) is 28.7 Å². The van der Waals surface area contributed by atoms with Crippen molar-refractivity contribution in [3.63, 3.8) is 0 Å². The molecule has 3 rings (SSSR count). The number of benzene rings is 1. The molecule has 1 aliphatic heterocycles. The van der Waals surface area contributed by atoms with Crippen molar-refractivity contribution in [2.24, 2.45) is 5.92 Å². The van der Waals surface area contributed by atoms with Gasteiger partial charge in [-0.2, -0.15) is 0 Å². The summed E-state index contributed by atoms with van der Waals surface area (Å²) >= 11 is 3.45. The Kier molecular flexibility index (Phi) is 3.01. The molecule has 2 nitrogen and oxygen atoms in total. The predicted octanol–water partition coefficient (Wildman–Crippen LogP) is 2.89. The van der Waals surface area contributed by atoms with Crippen molar-refractivity contribution < 1.29 is 4.74 Å². The number of halogens is 1. The van der Waals surface area contributed by atoms with E-state index in [0.29, 0.717) is 12.1 Å². The second-order valence-electron chi connectivity index (χ2n) is 4.72. The van der Waals surface area contributed by atoms with Crippen molar-refractivity contribution in [3.05, 3.63) is 34.3 Å². The molecule has 86 valence electrons. The van der Waals surface area contributed by atoms with Gasteiger partial charge in [0, 0.05) is 11.0 Å². The lowest BCUT2D eigenvalue weighted by atomic mass is 10.1. The van der Waals surface area contributed by atoms with E-state index in [9.17, 15) is 0 Å². The fourth-order valence-corrected chi connectivity index (χ4v) is 2.54. The number of hydrogen-bond donors (Lipinski definition) is 1. The number of hydrogen-bond acceptors (Lipinski definition) is 2. The standard InChI is InChI=1S/C13H16BrNO/c14-11-5-3-9(4-6-11)12-8-16-13(7-15-12)10-1-2-10/h3-6,10,12-13,15H,1-2,7-8H2/t12-,13+/m1/s1. The molecule has 1 saturated carbocycles. The quantitative estimate of drug-likeness (QED) is 0.900. The van der Waals surface area contributed by atoms with E-state index in [1.54, 1.807) is 0 Å². The molecule has 0 unspecified atom stereocenters. The molecule has 0 aromatic heterocycles. The van der Waals surface area contributed by atoms with Crippen LogP contribution in [0.1, 0.15) is 24.4 Å². The monoisotopic (exact) mass is 281 g/mol. The zero-order chi connectivity index (χ0) is 11.0. The second-order valence-corrected chi connectivity index (χ2v) is 5.64. The summed E-state index contributed by atoms with van der Waals surface area (Å²) in [7, 11) is 0. The Morgan fingerprint density at radius 3 is 2.50 bits per heavy atom. The number of ether oxygens (including phenoxy) is 1. The molecular weight excluding hydrogens is 266 g/mol. The minimum atomic E-state index is 0.364. The Morgan fingerprint density at radius 2 is 1.94 bits per heavy atom. The highest BCUT2D eigenvalue weighted by Crippen LogP contribution is 2.36. The Morgan fingerprint density at radius 1 is 1.19 bits per heavy atom. The van der Waals surface area contributed by atoms with E-state index in [1.807, 2.05) is 0 Å². The van der Waals surface area contributed by atoms with Gasteiger partial charge in [-0.25, -0.2) is 0 Å². The van der Waals surface area contributed by atoms with Gasteiger partial charge < -0.3 is 10.1 Å². The van der Waals surface area contributed by atoms with Crippen LogP contribution in [0.25, 0.3) is 0 Å². The summed E-state index contributed by atoms with van der Waals surface area (Å²) in [4.78, 5) is 0. The van der Waals surface area contributed by atoms with Crippen molar-refractivity contribution in [2.45, 2.75) is 25.0 Å². The van der Waals surface area contributed by atoms with Gasteiger partial charge in [0.1, 0.15) is 0 Å². The Labute approximate surface area is 105 Å². The lowest BCUT2D eigenvalue weighted by Crippen LogP contribution is -2.42. The van der Waals surface area contributed by atoms with Crippen molar-refractivity contribution in [3.8, 4) is 0 Å². The highest BCUT2D eigenvalue weighted by Gasteiger charge is 2.35. The van der Waals surface area contributed by atoms with E-state index in [1.165, 1.54) is 18.4 Å². The molecule has 0 spiro atoms. The topological polar surface area (TPSA) is 21.3 Å². The highest BCUT2D eigenvalue weighted by molar-refractivity contribution is 9.10. The van der Waals surface area contributed by atoms with Crippen LogP contribution in [0.5, 0.6) is 0 Å². The van der Waals surface area contributed by atoms with Gasteiger partial charge >= 0.3 is 0 Å². The van der Waals surface area contributed by atoms with Crippen LogP contribution in [0.2, 0.25) is 0 Å². The molecule has 2 atom stereocenters. The first-order valence-electron chi connectivity index (χ1n) is 5.93. The second kappa shape index (κ2) is 4.47. The zero-order valence-corrected chi connectivity index (χ0v) is 10.7. The largest absolute Gasteiger partial charge is 0.375 e. The minimum absolute atomic E-state index is 0.364. The summed E-state index contributed by atoms with van der Waals surface area (Å²) in [6.45, 7) is 1.81. The Balaban J connectivity index is 1.62.